The maximum atomic E-state index is 13.5. The van der Waals surface area contributed by atoms with Crippen molar-refractivity contribution in [3.05, 3.63) is 103 Å². The van der Waals surface area contributed by atoms with Crippen LogP contribution in [0.1, 0.15) is 10.5 Å². The van der Waals surface area contributed by atoms with Crippen molar-refractivity contribution < 1.29 is 9.18 Å². The number of rotatable bonds is 4. The third kappa shape index (κ3) is 3.99. The summed E-state index contributed by atoms with van der Waals surface area (Å²) in [6.45, 7) is 2.58. The number of carbonyl (C=O) groups is 1. The van der Waals surface area contributed by atoms with Gasteiger partial charge in [0.15, 0.2) is 0 Å². The van der Waals surface area contributed by atoms with Crippen LogP contribution in [0.25, 0.3) is 16.9 Å². The highest BCUT2D eigenvalue weighted by Gasteiger charge is 2.26. The molecule has 6 heteroatoms. The average molecular weight is 426 g/mol. The largest absolute Gasteiger partial charge is 0.368 e. The van der Waals surface area contributed by atoms with E-state index in [9.17, 15) is 9.18 Å². The molecule has 1 aromatic heterocycles. The van der Waals surface area contributed by atoms with Gasteiger partial charge >= 0.3 is 0 Å². The number of anilines is 1. The summed E-state index contributed by atoms with van der Waals surface area (Å²) in [6.07, 6.45) is 0. The summed E-state index contributed by atoms with van der Waals surface area (Å²) in [5, 5.41) is 4.76. The lowest BCUT2D eigenvalue weighted by atomic mass is 10.1. The molecule has 0 bridgehead atoms. The predicted octanol–water partition coefficient (Wildman–Crippen LogP) is 4.64. The van der Waals surface area contributed by atoms with Crippen molar-refractivity contribution in [3.63, 3.8) is 0 Å². The topological polar surface area (TPSA) is 41.4 Å². The second-order valence-electron chi connectivity index (χ2n) is 7.78. The number of piperazine rings is 1. The fourth-order valence-corrected chi connectivity index (χ4v) is 4.03. The molecule has 1 fully saturated rings. The lowest BCUT2D eigenvalue weighted by Gasteiger charge is -2.36. The number of aromatic nitrogens is 2. The van der Waals surface area contributed by atoms with Gasteiger partial charge in [-0.05, 0) is 42.5 Å². The summed E-state index contributed by atoms with van der Waals surface area (Å²) in [5.74, 6) is -0.284. The van der Waals surface area contributed by atoms with Crippen LogP contribution in [0.3, 0.4) is 0 Å². The Labute approximate surface area is 186 Å². The number of nitrogens with zero attached hydrogens (tertiary/aromatic N) is 4. The van der Waals surface area contributed by atoms with Crippen LogP contribution in [0.5, 0.6) is 0 Å². The molecule has 0 aliphatic carbocycles. The molecule has 0 atom stereocenters. The van der Waals surface area contributed by atoms with E-state index < -0.39 is 0 Å². The zero-order valence-electron chi connectivity index (χ0n) is 17.6. The van der Waals surface area contributed by atoms with Gasteiger partial charge in [0.1, 0.15) is 11.5 Å². The Bertz CT molecular complexity index is 1200. The quantitative estimate of drug-likeness (QED) is 0.477. The zero-order chi connectivity index (χ0) is 21.9. The van der Waals surface area contributed by atoms with Gasteiger partial charge < -0.3 is 9.80 Å². The molecule has 3 aromatic carbocycles. The van der Waals surface area contributed by atoms with E-state index in [0.717, 1.165) is 22.6 Å². The number of amides is 1. The van der Waals surface area contributed by atoms with E-state index in [1.807, 2.05) is 71.6 Å². The van der Waals surface area contributed by atoms with E-state index in [2.05, 4.69) is 4.90 Å². The van der Waals surface area contributed by atoms with Gasteiger partial charge in [-0.2, -0.15) is 5.10 Å². The van der Waals surface area contributed by atoms with Crippen LogP contribution >= 0.6 is 0 Å². The van der Waals surface area contributed by atoms with Crippen molar-refractivity contribution in [2.45, 2.75) is 0 Å². The first-order valence-electron chi connectivity index (χ1n) is 10.7. The molecule has 0 spiro atoms. The minimum absolute atomic E-state index is 0.0395. The standard InChI is InChI=1S/C26H23FN4O/c27-21-11-13-22(14-12-21)29-15-17-30(18-16-29)26(32)25-19-24(20-7-3-1-4-8-20)28-31(25)23-9-5-2-6-10-23/h1-14,19H,15-18H2. The van der Waals surface area contributed by atoms with Gasteiger partial charge in [-0.3, -0.25) is 4.79 Å². The lowest BCUT2D eigenvalue weighted by molar-refractivity contribution is 0.0737. The minimum atomic E-state index is -0.244. The van der Waals surface area contributed by atoms with Gasteiger partial charge in [0, 0.05) is 37.4 Å². The van der Waals surface area contributed by atoms with Crippen molar-refractivity contribution in [2.75, 3.05) is 31.1 Å². The molecule has 5 nitrogen and oxygen atoms in total. The molecule has 2 heterocycles. The SMILES string of the molecule is O=C(c1cc(-c2ccccc2)nn1-c1ccccc1)N1CCN(c2ccc(F)cc2)CC1. The molecule has 32 heavy (non-hydrogen) atoms. The zero-order valence-corrected chi connectivity index (χ0v) is 17.6. The van der Waals surface area contributed by atoms with Crippen molar-refractivity contribution in [2.24, 2.45) is 0 Å². The van der Waals surface area contributed by atoms with Crippen molar-refractivity contribution >= 4 is 11.6 Å². The number of para-hydroxylation sites is 1. The van der Waals surface area contributed by atoms with Gasteiger partial charge in [0.05, 0.1) is 11.4 Å². The number of halogens is 1. The highest BCUT2D eigenvalue weighted by atomic mass is 19.1. The molecule has 1 aliphatic heterocycles. The van der Waals surface area contributed by atoms with Gasteiger partial charge in [-0.25, -0.2) is 9.07 Å². The molecular weight excluding hydrogens is 403 g/mol. The highest BCUT2D eigenvalue weighted by molar-refractivity contribution is 5.94. The first-order chi connectivity index (χ1) is 15.7. The molecular formula is C26H23FN4O. The van der Waals surface area contributed by atoms with Gasteiger partial charge in [-0.1, -0.05) is 48.5 Å². The Morgan fingerprint density at radius 1 is 0.750 bits per heavy atom. The van der Waals surface area contributed by atoms with E-state index in [-0.39, 0.29) is 11.7 Å². The summed E-state index contributed by atoms with van der Waals surface area (Å²) >= 11 is 0. The van der Waals surface area contributed by atoms with E-state index in [0.29, 0.717) is 31.9 Å². The average Bonchev–Trinajstić information content (AvgIpc) is 3.31. The third-order valence-corrected chi connectivity index (χ3v) is 5.76. The number of hydrogen-bond acceptors (Lipinski definition) is 3. The Morgan fingerprint density at radius 3 is 2.03 bits per heavy atom. The molecule has 160 valence electrons. The summed E-state index contributed by atoms with van der Waals surface area (Å²) in [6, 6.07) is 28.0. The molecule has 0 unspecified atom stereocenters. The van der Waals surface area contributed by atoms with Crippen molar-refractivity contribution in [3.8, 4) is 16.9 Å². The van der Waals surface area contributed by atoms with Crippen LogP contribution < -0.4 is 4.90 Å². The number of benzene rings is 3. The van der Waals surface area contributed by atoms with E-state index in [1.165, 1.54) is 12.1 Å². The Hall–Kier alpha value is -3.93. The van der Waals surface area contributed by atoms with E-state index in [4.69, 9.17) is 5.10 Å². The number of carbonyl (C=O) groups excluding carboxylic acids is 1. The number of hydrogen-bond donors (Lipinski definition) is 0. The van der Waals surface area contributed by atoms with E-state index in [1.54, 1.807) is 16.8 Å². The minimum Gasteiger partial charge on any atom is -0.368 e. The third-order valence-electron chi connectivity index (χ3n) is 5.76. The second-order valence-corrected chi connectivity index (χ2v) is 7.78. The summed E-state index contributed by atoms with van der Waals surface area (Å²) < 4.78 is 15.0. The fourth-order valence-electron chi connectivity index (χ4n) is 4.03. The van der Waals surface area contributed by atoms with Gasteiger partial charge in [0.2, 0.25) is 0 Å². The molecule has 1 amide bonds. The summed E-state index contributed by atoms with van der Waals surface area (Å²) in [5.41, 5.74) is 4.10. The molecule has 1 aliphatic rings. The van der Waals surface area contributed by atoms with Gasteiger partial charge in [0.25, 0.3) is 5.91 Å². The predicted molar refractivity (Wildman–Crippen MR) is 124 cm³/mol. The first-order valence-corrected chi connectivity index (χ1v) is 10.7. The van der Waals surface area contributed by atoms with Crippen LogP contribution in [0, 0.1) is 5.82 Å². The first kappa shape index (κ1) is 20.0. The van der Waals surface area contributed by atoms with Crippen molar-refractivity contribution in [1.82, 2.24) is 14.7 Å². The molecule has 0 N–H and O–H groups in total. The monoisotopic (exact) mass is 426 g/mol. The highest BCUT2D eigenvalue weighted by Crippen LogP contribution is 2.24. The normalized spacial score (nSPS) is 13.9. The van der Waals surface area contributed by atoms with Crippen LogP contribution in [0.4, 0.5) is 10.1 Å². The summed E-state index contributed by atoms with van der Waals surface area (Å²) in [7, 11) is 0. The van der Waals surface area contributed by atoms with Crippen LogP contribution in [0.15, 0.2) is 91.0 Å². The molecule has 0 radical (unpaired) electrons. The van der Waals surface area contributed by atoms with Crippen LogP contribution in [0.2, 0.25) is 0 Å². The van der Waals surface area contributed by atoms with E-state index >= 15 is 0 Å². The fraction of sp³-hybridized carbons (Fsp3) is 0.154. The molecule has 5 rings (SSSR count). The lowest BCUT2D eigenvalue weighted by Crippen LogP contribution is -2.49. The summed E-state index contributed by atoms with van der Waals surface area (Å²) in [4.78, 5) is 17.6. The Kier molecular flexibility index (Phi) is 5.42. The Morgan fingerprint density at radius 2 is 1.38 bits per heavy atom. The van der Waals surface area contributed by atoms with Crippen LogP contribution in [-0.2, 0) is 0 Å². The van der Waals surface area contributed by atoms with Gasteiger partial charge in [-0.15, -0.1) is 0 Å². The molecule has 4 aromatic rings. The molecule has 0 saturated carbocycles. The smallest absolute Gasteiger partial charge is 0.272 e. The maximum Gasteiger partial charge on any atom is 0.272 e. The van der Waals surface area contributed by atoms with Crippen LogP contribution in [-0.4, -0.2) is 46.8 Å². The Balaban J connectivity index is 1.40. The maximum absolute atomic E-state index is 13.5. The molecule has 1 saturated heterocycles. The van der Waals surface area contributed by atoms with Crippen molar-refractivity contribution in [1.29, 1.82) is 0 Å². The second kappa shape index (κ2) is 8.67.